The van der Waals surface area contributed by atoms with Crippen LogP contribution < -0.4 is 5.32 Å². The number of nitrogens with one attached hydrogen (secondary N) is 1. The number of carbonyl (C=O) groups excluding carboxylic acids is 2. The van der Waals surface area contributed by atoms with Crippen molar-refractivity contribution >= 4 is 23.4 Å². The summed E-state index contributed by atoms with van der Waals surface area (Å²) in [6.07, 6.45) is 0. The number of halogens is 1. The molecule has 0 aliphatic carbocycles. The predicted molar refractivity (Wildman–Crippen MR) is 110 cm³/mol. The van der Waals surface area contributed by atoms with Crippen molar-refractivity contribution < 1.29 is 9.59 Å². The molecule has 0 radical (unpaired) electrons. The lowest BCUT2D eigenvalue weighted by Gasteiger charge is -2.23. The van der Waals surface area contributed by atoms with Crippen LogP contribution in [0, 0.1) is 0 Å². The van der Waals surface area contributed by atoms with Crippen LogP contribution in [-0.2, 0) is 16.8 Å². The molecule has 0 fully saturated rings. The van der Waals surface area contributed by atoms with E-state index < -0.39 is 6.04 Å². The molecule has 144 valence electrons. The first kappa shape index (κ1) is 21.0. The molecule has 27 heavy (non-hydrogen) atoms. The average Bonchev–Trinajstić information content (AvgIpc) is 2.62. The summed E-state index contributed by atoms with van der Waals surface area (Å²) in [5.74, 6) is -0.433. The third-order valence-electron chi connectivity index (χ3n) is 4.47. The summed E-state index contributed by atoms with van der Waals surface area (Å²) < 4.78 is 0. The van der Waals surface area contributed by atoms with Crippen molar-refractivity contribution in [1.82, 2.24) is 10.2 Å². The standard InChI is InChI=1S/C22H27ClN2O2/c1-15(21(27)25(5)14-17-8-6-7-9-19(17)23)24-20(26)16-10-12-18(13-11-16)22(2,3)4/h6-13,15H,14H2,1-5H3,(H,24,26). The molecule has 0 aromatic heterocycles. The van der Waals surface area contributed by atoms with E-state index in [-0.39, 0.29) is 17.2 Å². The Balaban J connectivity index is 1.98. The topological polar surface area (TPSA) is 49.4 Å². The second kappa shape index (κ2) is 8.57. The molecule has 2 rings (SSSR count). The van der Waals surface area contributed by atoms with Crippen LogP contribution in [0.4, 0.5) is 0 Å². The van der Waals surface area contributed by atoms with E-state index in [2.05, 4.69) is 26.1 Å². The quantitative estimate of drug-likeness (QED) is 0.827. The number of nitrogens with zero attached hydrogens (tertiary/aromatic N) is 1. The molecule has 2 aromatic carbocycles. The summed E-state index contributed by atoms with van der Waals surface area (Å²) in [5.41, 5.74) is 2.59. The highest BCUT2D eigenvalue weighted by molar-refractivity contribution is 6.31. The highest BCUT2D eigenvalue weighted by atomic mass is 35.5. The van der Waals surface area contributed by atoms with Crippen LogP contribution in [-0.4, -0.2) is 29.8 Å². The number of amides is 2. The van der Waals surface area contributed by atoms with Gasteiger partial charge in [0, 0.05) is 24.2 Å². The van der Waals surface area contributed by atoms with Crippen LogP contribution in [0.1, 0.15) is 49.2 Å². The van der Waals surface area contributed by atoms with Crippen LogP contribution in [0.25, 0.3) is 0 Å². The van der Waals surface area contributed by atoms with E-state index in [1.54, 1.807) is 37.1 Å². The molecule has 0 saturated heterocycles. The van der Waals surface area contributed by atoms with Crippen LogP contribution in [0.2, 0.25) is 5.02 Å². The lowest BCUT2D eigenvalue weighted by Crippen LogP contribution is -2.45. The molecule has 0 heterocycles. The second-order valence-electron chi connectivity index (χ2n) is 7.81. The normalized spacial score (nSPS) is 12.4. The highest BCUT2D eigenvalue weighted by Crippen LogP contribution is 2.22. The number of rotatable bonds is 5. The van der Waals surface area contributed by atoms with E-state index >= 15 is 0 Å². The van der Waals surface area contributed by atoms with Crippen LogP contribution in [0.15, 0.2) is 48.5 Å². The SMILES string of the molecule is CC(NC(=O)c1ccc(C(C)(C)C)cc1)C(=O)N(C)Cc1ccccc1Cl. The van der Waals surface area contributed by atoms with Gasteiger partial charge >= 0.3 is 0 Å². The van der Waals surface area contributed by atoms with Crippen LogP contribution in [0.3, 0.4) is 0 Å². The largest absolute Gasteiger partial charge is 0.341 e. The van der Waals surface area contributed by atoms with Crippen LogP contribution >= 0.6 is 11.6 Å². The molecule has 2 aromatic rings. The van der Waals surface area contributed by atoms with Crippen molar-refractivity contribution in [2.45, 2.75) is 45.7 Å². The Labute approximate surface area is 166 Å². The van der Waals surface area contributed by atoms with Gasteiger partial charge in [0.15, 0.2) is 0 Å². The first-order valence-corrected chi connectivity index (χ1v) is 9.37. The molecule has 0 saturated carbocycles. The van der Waals surface area contributed by atoms with E-state index in [1.807, 2.05) is 30.3 Å². The minimum Gasteiger partial charge on any atom is -0.341 e. The van der Waals surface area contributed by atoms with E-state index in [0.717, 1.165) is 11.1 Å². The molecule has 4 nitrogen and oxygen atoms in total. The zero-order chi connectivity index (χ0) is 20.2. The first-order valence-electron chi connectivity index (χ1n) is 8.99. The summed E-state index contributed by atoms with van der Waals surface area (Å²) >= 11 is 6.15. The lowest BCUT2D eigenvalue weighted by atomic mass is 9.86. The Hall–Kier alpha value is -2.33. The third kappa shape index (κ3) is 5.57. The molecular weight excluding hydrogens is 360 g/mol. The van der Waals surface area contributed by atoms with Crippen molar-refractivity contribution in [2.75, 3.05) is 7.05 Å². The Morgan fingerprint density at radius 3 is 2.22 bits per heavy atom. The van der Waals surface area contributed by atoms with Gasteiger partial charge in [0.05, 0.1) is 0 Å². The zero-order valence-corrected chi connectivity index (χ0v) is 17.3. The zero-order valence-electron chi connectivity index (χ0n) is 16.5. The fourth-order valence-corrected chi connectivity index (χ4v) is 2.95. The van der Waals surface area contributed by atoms with Gasteiger partial charge in [0.1, 0.15) is 6.04 Å². The summed E-state index contributed by atoms with van der Waals surface area (Å²) in [7, 11) is 1.70. The van der Waals surface area contributed by atoms with E-state index in [1.165, 1.54) is 0 Å². The molecule has 0 aliphatic heterocycles. The molecule has 0 bridgehead atoms. The summed E-state index contributed by atoms with van der Waals surface area (Å²) in [5, 5.41) is 3.39. The minimum atomic E-state index is -0.632. The summed E-state index contributed by atoms with van der Waals surface area (Å²) in [6, 6.07) is 14.3. The summed E-state index contributed by atoms with van der Waals surface area (Å²) in [4.78, 5) is 26.6. The summed E-state index contributed by atoms with van der Waals surface area (Å²) in [6.45, 7) is 8.44. The molecule has 1 unspecified atom stereocenters. The Bertz CT molecular complexity index is 810. The lowest BCUT2D eigenvalue weighted by molar-refractivity contribution is -0.132. The maximum absolute atomic E-state index is 12.6. The highest BCUT2D eigenvalue weighted by Gasteiger charge is 2.21. The van der Waals surface area contributed by atoms with Gasteiger partial charge < -0.3 is 10.2 Å². The Morgan fingerprint density at radius 2 is 1.67 bits per heavy atom. The molecule has 2 amide bonds. The fraction of sp³-hybridized carbons (Fsp3) is 0.364. The number of hydrogen-bond acceptors (Lipinski definition) is 2. The van der Waals surface area contributed by atoms with Crippen molar-refractivity contribution in [2.24, 2.45) is 0 Å². The number of benzene rings is 2. The molecule has 0 spiro atoms. The van der Waals surface area contributed by atoms with Crippen molar-refractivity contribution in [3.05, 3.63) is 70.2 Å². The van der Waals surface area contributed by atoms with Gasteiger partial charge in [0.25, 0.3) is 5.91 Å². The van der Waals surface area contributed by atoms with Gasteiger partial charge in [-0.3, -0.25) is 9.59 Å². The monoisotopic (exact) mass is 386 g/mol. The number of hydrogen-bond donors (Lipinski definition) is 1. The van der Waals surface area contributed by atoms with E-state index in [4.69, 9.17) is 11.6 Å². The molecule has 1 atom stereocenters. The average molecular weight is 387 g/mol. The van der Waals surface area contributed by atoms with E-state index in [9.17, 15) is 9.59 Å². The van der Waals surface area contributed by atoms with Gasteiger partial charge in [0.2, 0.25) is 5.91 Å². The molecular formula is C22H27ClN2O2. The molecule has 1 N–H and O–H groups in total. The second-order valence-corrected chi connectivity index (χ2v) is 8.22. The predicted octanol–water partition coefficient (Wildman–Crippen LogP) is 4.41. The molecule has 0 aliphatic rings. The van der Waals surface area contributed by atoms with Gasteiger partial charge in [-0.25, -0.2) is 0 Å². The van der Waals surface area contributed by atoms with Crippen molar-refractivity contribution in [1.29, 1.82) is 0 Å². The smallest absolute Gasteiger partial charge is 0.251 e. The minimum absolute atomic E-state index is 0.0275. The van der Waals surface area contributed by atoms with Gasteiger partial charge in [-0.1, -0.05) is 62.7 Å². The third-order valence-corrected chi connectivity index (χ3v) is 4.84. The van der Waals surface area contributed by atoms with Crippen LogP contribution in [0.5, 0.6) is 0 Å². The van der Waals surface area contributed by atoms with Crippen molar-refractivity contribution in [3.63, 3.8) is 0 Å². The van der Waals surface area contributed by atoms with Gasteiger partial charge in [-0.05, 0) is 41.7 Å². The number of likely N-dealkylation sites (N-methyl/N-ethyl adjacent to an activating group) is 1. The maximum Gasteiger partial charge on any atom is 0.251 e. The first-order chi connectivity index (χ1) is 12.6. The number of carbonyl (C=O) groups is 2. The fourth-order valence-electron chi connectivity index (χ4n) is 2.75. The Kier molecular flexibility index (Phi) is 6.66. The van der Waals surface area contributed by atoms with E-state index in [0.29, 0.717) is 17.1 Å². The van der Waals surface area contributed by atoms with Gasteiger partial charge in [-0.2, -0.15) is 0 Å². The van der Waals surface area contributed by atoms with Gasteiger partial charge in [-0.15, -0.1) is 0 Å². The Morgan fingerprint density at radius 1 is 1.07 bits per heavy atom. The van der Waals surface area contributed by atoms with Crippen molar-refractivity contribution in [3.8, 4) is 0 Å². The maximum atomic E-state index is 12.6. The molecule has 5 heteroatoms.